The van der Waals surface area contributed by atoms with E-state index in [1.807, 2.05) is 6.07 Å². The second-order valence-corrected chi connectivity index (χ2v) is 6.09. The van der Waals surface area contributed by atoms with Gasteiger partial charge in [-0.25, -0.2) is 4.98 Å². The number of nitrogens with two attached hydrogens (primary N) is 1. The van der Waals surface area contributed by atoms with E-state index in [1.165, 1.54) is 5.56 Å². The Labute approximate surface area is 113 Å². The van der Waals surface area contributed by atoms with Gasteiger partial charge in [0.15, 0.2) is 0 Å². The molecular weight excluding hydrogens is 238 g/mol. The van der Waals surface area contributed by atoms with E-state index in [0.717, 1.165) is 30.5 Å². The summed E-state index contributed by atoms with van der Waals surface area (Å²) >= 11 is 0. The molecule has 0 amide bonds. The highest BCUT2D eigenvalue weighted by atomic mass is 16.5. The molecule has 1 aromatic carbocycles. The lowest BCUT2D eigenvalue weighted by molar-refractivity contribution is -0.0682. The molecule has 2 N–H and O–H groups in total. The summed E-state index contributed by atoms with van der Waals surface area (Å²) in [6, 6.07) is 6.66. The molecule has 0 aliphatic carbocycles. The fourth-order valence-electron chi connectivity index (χ4n) is 3.03. The molecule has 2 heterocycles. The Kier molecular flexibility index (Phi) is 2.78. The third-order valence-electron chi connectivity index (χ3n) is 3.91. The van der Waals surface area contributed by atoms with Crippen LogP contribution in [0.2, 0.25) is 0 Å². The van der Waals surface area contributed by atoms with Crippen LogP contribution in [0.1, 0.15) is 38.3 Å². The number of anilines is 1. The first-order valence-corrected chi connectivity index (χ1v) is 6.84. The van der Waals surface area contributed by atoms with Gasteiger partial charge in [0, 0.05) is 12.6 Å². The van der Waals surface area contributed by atoms with E-state index in [4.69, 9.17) is 10.5 Å². The highest BCUT2D eigenvalue weighted by Gasteiger charge is 2.31. The summed E-state index contributed by atoms with van der Waals surface area (Å²) in [7, 11) is 0. The van der Waals surface area contributed by atoms with Crippen molar-refractivity contribution in [1.29, 1.82) is 0 Å². The van der Waals surface area contributed by atoms with Gasteiger partial charge in [-0.05, 0) is 51.3 Å². The quantitative estimate of drug-likeness (QED) is 0.856. The first-order chi connectivity index (χ1) is 8.96. The third kappa shape index (κ3) is 2.21. The molecule has 1 atom stereocenters. The lowest BCUT2D eigenvalue weighted by Gasteiger charge is -2.36. The Hall–Kier alpha value is -1.55. The predicted molar refractivity (Wildman–Crippen MR) is 77.2 cm³/mol. The zero-order chi connectivity index (χ0) is 13.6. The van der Waals surface area contributed by atoms with E-state index in [9.17, 15) is 0 Å². The molecule has 4 nitrogen and oxygen atoms in total. The van der Waals surface area contributed by atoms with E-state index in [1.54, 1.807) is 0 Å². The Morgan fingerprint density at radius 3 is 2.95 bits per heavy atom. The molecule has 19 heavy (non-hydrogen) atoms. The van der Waals surface area contributed by atoms with Crippen molar-refractivity contribution in [2.45, 2.75) is 45.3 Å². The standard InChI is InChI=1S/C15H21N3O/c1-10-4-5-12-13(8-10)18(14(16)17-12)11-6-7-19-15(2,3)9-11/h4-5,8,11H,6-7,9H2,1-3H3,(H2,16,17). The largest absolute Gasteiger partial charge is 0.375 e. The molecule has 3 rings (SSSR count). The van der Waals surface area contributed by atoms with Crippen LogP contribution in [0.4, 0.5) is 5.95 Å². The number of hydrogen-bond donors (Lipinski definition) is 1. The molecule has 1 aromatic heterocycles. The number of hydrogen-bond acceptors (Lipinski definition) is 3. The van der Waals surface area contributed by atoms with Gasteiger partial charge in [-0.3, -0.25) is 0 Å². The van der Waals surface area contributed by atoms with Crippen molar-refractivity contribution >= 4 is 17.0 Å². The van der Waals surface area contributed by atoms with Crippen molar-refractivity contribution in [3.63, 3.8) is 0 Å². The smallest absolute Gasteiger partial charge is 0.201 e. The van der Waals surface area contributed by atoms with Crippen molar-refractivity contribution in [1.82, 2.24) is 9.55 Å². The average molecular weight is 259 g/mol. The number of benzene rings is 1. The number of nitrogen functional groups attached to an aromatic ring is 1. The van der Waals surface area contributed by atoms with E-state index < -0.39 is 0 Å². The molecule has 1 saturated heterocycles. The second kappa shape index (κ2) is 4.23. The van der Waals surface area contributed by atoms with Gasteiger partial charge in [-0.2, -0.15) is 0 Å². The van der Waals surface area contributed by atoms with Crippen LogP contribution in [-0.2, 0) is 4.74 Å². The summed E-state index contributed by atoms with van der Waals surface area (Å²) < 4.78 is 7.98. The number of imidazole rings is 1. The number of rotatable bonds is 1. The van der Waals surface area contributed by atoms with E-state index in [2.05, 4.69) is 42.5 Å². The van der Waals surface area contributed by atoms with Crippen molar-refractivity contribution in [3.05, 3.63) is 23.8 Å². The molecule has 1 fully saturated rings. The number of nitrogens with zero attached hydrogens (tertiary/aromatic N) is 2. The van der Waals surface area contributed by atoms with E-state index in [-0.39, 0.29) is 5.60 Å². The fraction of sp³-hybridized carbons (Fsp3) is 0.533. The van der Waals surface area contributed by atoms with Crippen LogP contribution in [0, 0.1) is 6.92 Å². The maximum absolute atomic E-state index is 6.13. The predicted octanol–water partition coefficient (Wildman–Crippen LogP) is 3.06. The van der Waals surface area contributed by atoms with Crippen LogP contribution in [-0.4, -0.2) is 21.8 Å². The molecule has 1 aliphatic rings. The van der Waals surface area contributed by atoms with Crippen molar-refractivity contribution in [2.75, 3.05) is 12.3 Å². The summed E-state index contributed by atoms with van der Waals surface area (Å²) in [5, 5.41) is 0. The summed E-state index contributed by atoms with van der Waals surface area (Å²) in [6.07, 6.45) is 1.96. The molecule has 0 spiro atoms. The summed E-state index contributed by atoms with van der Waals surface area (Å²) in [5.41, 5.74) is 9.40. The van der Waals surface area contributed by atoms with Gasteiger partial charge in [0.2, 0.25) is 5.95 Å². The number of ether oxygens (including phenoxy) is 1. The van der Waals surface area contributed by atoms with Crippen LogP contribution in [0.15, 0.2) is 18.2 Å². The van der Waals surface area contributed by atoms with Gasteiger partial charge in [-0.1, -0.05) is 6.07 Å². The minimum Gasteiger partial charge on any atom is -0.375 e. The molecule has 1 aliphatic heterocycles. The molecule has 0 bridgehead atoms. The van der Waals surface area contributed by atoms with Crippen molar-refractivity contribution in [2.24, 2.45) is 0 Å². The third-order valence-corrected chi connectivity index (χ3v) is 3.91. The van der Waals surface area contributed by atoms with Gasteiger partial charge in [0.05, 0.1) is 16.6 Å². The van der Waals surface area contributed by atoms with Crippen LogP contribution in [0.25, 0.3) is 11.0 Å². The SMILES string of the molecule is Cc1ccc2nc(N)n(C3CCOC(C)(C)C3)c2c1. The summed E-state index contributed by atoms with van der Waals surface area (Å²) in [5.74, 6) is 0.614. The highest BCUT2D eigenvalue weighted by Crippen LogP contribution is 2.35. The van der Waals surface area contributed by atoms with E-state index >= 15 is 0 Å². The van der Waals surface area contributed by atoms with Crippen LogP contribution < -0.4 is 5.73 Å². The molecule has 0 saturated carbocycles. The number of aromatic nitrogens is 2. The first-order valence-electron chi connectivity index (χ1n) is 6.84. The minimum absolute atomic E-state index is 0.0875. The molecule has 0 radical (unpaired) electrons. The molecular formula is C15H21N3O. The zero-order valence-corrected chi connectivity index (χ0v) is 11.8. The van der Waals surface area contributed by atoms with Crippen LogP contribution in [0.3, 0.4) is 0 Å². The lowest BCUT2D eigenvalue weighted by Crippen LogP contribution is -2.35. The molecule has 4 heteroatoms. The van der Waals surface area contributed by atoms with Gasteiger partial charge in [0.25, 0.3) is 0 Å². The number of aryl methyl sites for hydroxylation is 1. The monoisotopic (exact) mass is 259 g/mol. The Morgan fingerprint density at radius 2 is 2.21 bits per heavy atom. The van der Waals surface area contributed by atoms with Gasteiger partial charge >= 0.3 is 0 Å². The van der Waals surface area contributed by atoms with Gasteiger partial charge < -0.3 is 15.0 Å². The van der Waals surface area contributed by atoms with Gasteiger partial charge in [0.1, 0.15) is 0 Å². The van der Waals surface area contributed by atoms with Gasteiger partial charge in [-0.15, -0.1) is 0 Å². The number of fused-ring (bicyclic) bond motifs is 1. The average Bonchev–Trinajstić information content (AvgIpc) is 2.63. The lowest BCUT2D eigenvalue weighted by atomic mass is 9.93. The Bertz CT molecular complexity index is 615. The Morgan fingerprint density at radius 1 is 1.42 bits per heavy atom. The molecule has 1 unspecified atom stereocenters. The minimum atomic E-state index is -0.0875. The highest BCUT2D eigenvalue weighted by molar-refractivity contribution is 5.79. The first kappa shape index (κ1) is 12.5. The topological polar surface area (TPSA) is 53.1 Å². The maximum Gasteiger partial charge on any atom is 0.201 e. The fourth-order valence-corrected chi connectivity index (χ4v) is 3.03. The maximum atomic E-state index is 6.13. The summed E-state index contributed by atoms with van der Waals surface area (Å²) in [4.78, 5) is 4.48. The Balaban J connectivity index is 2.08. The van der Waals surface area contributed by atoms with Crippen molar-refractivity contribution in [3.8, 4) is 0 Å². The molecule has 102 valence electrons. The summed E-state index contributed by atoms with van der Waals surface area (Å²) in [6.45, 7) is 7.16. The van der Waals surface area contributed by atoms with E-state index in [0.29, 0.717) is 12.0 Å². The second-order valence-electron chi connectivity index (χ2n) is 6.09. The van der Waals surface area contributed by atoms with Crippen molar-refractivity contribution < 1.29 is 4.74 Å². The normalized spacial score (nSPS) is 22.8. The molecule has 2 aromatic rings. The zero-order valence-electron chi connectivity index (χ0n) is 11.8. The van der Waals surface area contributed by atoms with Crippen LogP contribution in [0.5, 0.6) is 0 Å². The van der Waals surface area contributed by atoms with Crippen LogP contribution >= 0.6 is 0 Å².